The Morgan fingerprint density at radius 1 is 1.50 bits per heavy atom. The van der Waals surface area contributed by atoms with Crippen molar-refractivity contribution in [2.45, 2.75) is 0 Å². The Hall–Kier alpha value is -2.18. The molecule has 1 aliphatic heterocycles. The molecule has 0 saturated heterocycles. The SMILES string of the molecule is C=CN(/C=C\[NH2+]CCO)CCN1CCOc2cc(N)ccc21. The highest BCUT2D eigenvalue weighted by molar-refractivity contribution is 5.65. The summed E-state index contributed by atoms with van der Waals surface area (Å²) in [7, 11) is 0. The Morgan fingerprint density at radius 2 is 2.36 bits per heavy atom. The minimum absolute atomic E-state index is 0.173. The van der Waals surface area contributed by atoms with E-state index in [1.807, 2.05) is 40.8 Å². The molecule has 0 bridgehead atoms. The Kier molecular flexibility index (Phi) is 6.12. The van der Waals surface area contributed by atoms with Crippen LogP contribution in [-0.2, 0) is 0 Å². The standard InChI is InChI=1S/C16H24N4O2/c1-2-19(7-5-18-6-11-21)8-9-20-10-12-22-16-13-14(17)3-4-15(16)20/h2-5,7,13,18,21H,1,6,8-12,17H2/p+1/b7-5-. The smallest absolute Gasteiger partial charge is 0.144 e. The number of ether oxygens (including phenoxy) is 1. The molecule has 1 aromatic rings. The van der Waals surface area contributed by atoms with Crippen molar-refractivity contribution in [3.05, 3.63) is 43.4 Å². The van der Waals surface area contributed by atoms with E-state index in [-0.39, 0.29) is 6.61 Å². The van der Waals surface area contributed by atoms with Crippen molar-refractivity contribution in [2.75, 3.05) is 50.0 Å². The van der Waals surface area contributed by atoms with Crippen molar-refractivity contribution < 1.29 is 15.2 Å². The molecule has 5 N–H and O–H groups in total. The molecule has 0 radical (unpaired) electrons. The minimum Gasteiger partial charge on any atom is -0.489 e. The first kappa shape index (κ1) is 16.2. The molecule has 6 nitrogen and oxygen atoms in total. The number of rotatable bonds is 8. The van der Waals surface area contributed by atoms with Crippen LogP contribution in [0, 0.1) is 0 Å². The number of benzene rings is 1. The largest absolute Gasteiger partial charge is 0.489 e. The van der Waals surface area contributed by atoms with Gasteiger partial charge in [0.15, 0.2) is 0 Å². The van der Waals surface area contributed by atoms with Crippen LogP contribution < -0.4 is 20.7 Å². The lowest BCUT2D eigenvalue weighted by molar-refractivity contribution is -0.590. The maximum atomic E-state index is 8.75. The fraction of sp³-hybridized carbons (Fsp3) is 0.375. The van der Waals surface area contributed by atoms with Gasteiger partial charge >= 0.3 is 0 Å². The normalized spacial score (nSPS) is 13.8. The molecule has 0 amide bonds. The molecule has 0 unspecified atom stereocenters. The zero-order valence-corrected chi connectivity index (χ0v) is 12.8. The first-order chi connectivity index (χ1) is 10.7. The van der Waals surface area contributed by atoms with Gasteiger partial charge in [0, 0.05) is 24.8 Å². The molecule has 0 atom stereocenters. The van der Waals surface area contributed by atoms with Gasteiger partial charge in [0.05, 0.1) is 25.0 Å². The van der Waals surface area contributed by atoms with Crippen LogP contribution in [0.3, 0.4) is 0 Å². The molecule has 120 valence electrons. The number of nitrogens with zero attached hydrogens (tertiary/aromatic N) is 2. The highest BCUT2D eigenvalue weighted by atomic mass is 16.5. The van der Waals surface area contributed by atoms with Crippen LogP contribution in [-0.4, -0.2) is 49.4 Å². The van der Waals surface area contributed by atoms with Gasteiger partial charge in [0.1, 0.15) is 25.1 Å². The third kappa shape index (κ3) is 4.41. The zero-order valence-electron chi connectivity index (χ0n) is 12.8. The Balaban J connectivity index is 1.91. The fourth-order valence-electron chi connectivity index (χ4n) is 2.33. The van der Waals surface area contributed by atoms with Gasteiger partial charge in [0.25, 0.3) is 0 Å². The van der Waals surface area contributed by atoms with Crippen molar-refractivity contribution >= 4 is 11.4 Å². The van der Waals surface area contributed by atoms with Gasteiger partial charge in [-0.2, -0.15) is 0 Å². The summed E-state index contributed by atoms with van der Waals surface area (Å²) >= 11 is 0. The average Bonchev–Trinajstić information content (AvgIpc) is 2.54. The van der Waals surface area contributed by atoms with E-state index in [1.54, 1.807) is 6.20 Å². The summed E-state index contributed by atoms with van der Waals surface area (Å²) < 4.78 is 5.66. The average molecular weight is 305 g/mol. The number of nitrogens with two attached hydrogens (primary N) is 2. The topological polar surface area (TPSA) is 78.6 Å². The van der Waals surface area contributed by atoms with Crippen LogP contribution >= 0.6 is 0 Å². The van der Waals surface area contributed by atoms with Crippen LogP contribution in [0.25, 0.3) is 0 Å². The van der Waals surface area contributed by atoms with Gasteiger partial charge in [0.2, 0.25) is 0 Å². The van der Waals surface area contributed by atoms with Crippen LogP contribution in [0.2, 0.25) is 0 Å². The maximum absolute atomic E-state index is 8.75. The fourth-order valence-corrected chi connectivity index (χ4v) is 2.33. The lowest BCUT2D eigenvalue weighted by Gasteiger charge is -2.32. The second-order valence-corrected chi connectivity index (χ2v) is 5.07. The molecular formula is C16H25N4O2+. The van der Waals surface area contributed by atoms with Gasteiger partial charge < -0.3 is 30.7 Å². The number of anilines is 2. The molecule has 2 rings (SSSR count). The van der Waals surface area contributed by atoms with E-state index in [4.69, 9.17) is 15.6 Å². The Labute approximate surface area is 131 Å². The van der Waals surface area contributed by atoms with Gasteiger partial charge in [-0.1, -0.05) is 6.58 Å². The number of hydrogen-bond acceptors (Lipinski definition) is 5. The molecule has 0 aromatic heterocycles. The Bertz CT molecular complexity index is 519. The molecular weight excluding hydrogens is 280 g/mol. The molecule has 0 fully saturated rings. The lowest BCUT2D eigenvalue weighted by atomic mass is 10.2. The number of quaternary nitrogens is 1. The van der Waals surface area contributed by atoms with E-state index >= 15 is 0 Å². The first-order valence-electron chi connectivity index (χ1n) is 7.51. The summed E-state index contributed by atoms with van der Waals surface area (Å²) in [6.45, 7) is 7.91. The van der Waals surface area contributed by atoms with E-state index in [2.05, 4.69) is 11.5 Å². The summed E-state index contributed by atoms with van der Waals surface area (Å²) in [4.78, 5) is 4.32. The highest BCUT2D eigenvalue weighted by Gasteiger charge is 2.18. The molecule has 22 heavy (non-hydrogen) atoms. The van der Waals surface area contributed by atoms with E-state index in [0.717, 1.165) is 36.8 Å². The summed E-state index contributed by atoms with van der Waals surface area (Å²) in [5.41, 5.74) is 7.60. The molecule has 1 aliphatic rings. The van der Waals surface area contributed by atoms with Crippen molar-refractivity contribution in [2.24, 2.45) is 0 Å². The van der Waals surface area contributed by atoms with Crippen molar-refractivity contribution in [3.8, 4) is 5.75 Å². The van der Waals surface area contributed by atoms with Crippen LogP contribution in [0.1, 0.15) is 0 Å². The molecule has 6 heteroatoms. The van der Waals surface area contributed by atoms with E-state index in [9.17, 15) is 0 Å². The van der Waals surface area contributed by atoms with Gasteiger partial charge in [-0.05, 0) is 18.3 Å². The second-order valence-electron chi connectivity index (χ2n) is 5.07. The van der Waals surface area contributed by atoms with E-state index in [0.29, 0.717) is 13.2 Å². The third-order valence-electron chi connectivity index (χ3n) is 3.52. The monoisotopic (exact) mass is 305 g/mol. The van der Waals surface area contributed by atoms with E-state index < -0.39 is 0 Å². The van der Waals surface area contributed by atoms with Crippen LogP contribution in [0.4, 0.5) is 11.4 Å². The number of hydrogen-bond donors (Lipinski definition) is 3. The highest BCUT2D eigenvalue weighted by Crippen LogP contribution is 2.32. The van der Waals surface area contributed by atoms with Gasteiger partial charge in [-0.25, -0.2) is 0 Å². The van der Waals surface area contributed by atoms with Crippen molar-refractivity contribution in [1.82, 2.24) is 4.90 Å². The predicted octanol–water partition coefficient (Wildman–Crippen LogP) is -0.0600. The molecule has 1 aromatic carbocycles. The third-order valence-corrected chi connectivity index (χ3v) is 3.52. The quantitative estimate of drug-likeness (QED) is 0.463. The number of aliphatic hydroxyl groups is 1. The van der Waals surface area contributed by atoms with E-state index in [1.165, 1.54) is 0 Å². The summed E-state index contributed by atoms with van der Waals surface area (Å²) in [5, 5.41) is 10.7. The van der Waals surface area contributed by atoms with Gasteiger partial charge in [-0.15, -0.1) is 0 Å². The molecule has 1 heterocycles. The Morgan fingerprint density at radius 3 is 3.14 bits per heavy atom. The maximum Gasteiger partial charge on any atom is 0.144 e. The predicted molar refractivity (Wildman–Crippen MR) is 88.5 cm³/mol. The first-order valence-corrected chi connectivity index (χ1v) is 7.51. The second kappa shape index (κ2) is 8.31. The molecule has 0 saturated carbocycles. The lowest BCUT2D eigenvalue weighted by Crippen LogP contribution is -2.79. The van der Waals surface area contributed by atoms with Crippen molar-refractivity contribution in [1.29, 1.82) is 0 Å². The number of fused-ring (bicyclic) bond motifs is 1. The number of nitrogen functional groups attached to an aromatic ring is 1. The minimum atomic E-state index is 0.173. The zero-order chi connectivity index (χ0) is 15.8. The van der Waals surface area contributed by atoms with Crippen molar-refractivity contribution in [3.63, 3.8) is 0 Å². The van der Waals surface area contributed by atoms with Crippen LogP contribution in [0.5, 0.6) is 5.75 Å². The summed E-state index contributed by atoms with van der Waals surface area (Å²) in [6.07, 6.45) is 5.70. The molecule has 0 aliphatic carbocycles. The molecule has 0 spiro atoms. The summed E-state index contributed by atoms with van der Waals surface area (Å²) in [6, 6.07) is 5.78. The summed E-state index contributed by atoms with van der Waals surface area (Å²) in [5.74, 6) is 0.850. The van der Waals surface area contributed by atoms with Gasteiger partial charge in [-0.3, -0.25) is 0 Å². The van der Waals surface area contributed by atoms with Crippen LogP contribution in [0.15, 0.2) is 43.4 Å². The number of aliphatic hydroxyl groups excluding tert-OH is 1.